The van der Waals surface area contributed by atoms with E-state index in [0.29, 0.717) is 40.2 Å². The van der Waals surface area contributed by atoms with Crippen LogP contribution in [-0.4, -0.2) is 46.3 Å². The maximum Gasteiger partial charge on any atom is 0.356 e. The molecule has 0 saturated heterocycles. The number of pyridine rings is 1. The van der Waals surface area contributed by atoms with E-state index in [1.165, 1.54) is 7.11 Å². The summed E-state index contributed by atoms with van der Waals surface area (Å²) >= 11 is 0. The number of aliphatic hydroxyl groups excluding tert-OH is 1. The van der Waals surface area contributed by atoms with Gasteiger partial charge in [0.1, 0.15) is 11.4 Å². The van der Waals surface area contributed by atoms with E-state index in [-0.39, 0.29) is 30.8 Å². The zero-order valence-corrected chi connectivity index (χ0v) is 18.9. The van der Waals surface area contributed by atoms with Crippen LogP contribution in [0, 0.1) is 0 Å². The van der Waals surface area contributed by atoms with Gasteiger partial charge < -0.3 is 29.5 Å². The molecule has 0 saturated carbocycles. The number of anilines is 2. The second-order valence-corrected chi connectivity index (χ2v) is 7.85. The van der Waals surface area contributed by atoms with Crippen LogP contribution in [0.5, 0.6) is 0 Å². The van der Waals surface area contributed by atoms with Crippen molar-refractivity contribution in [1.82, 2.24) is 9.55 Å². The van der Waals surface area contributed by atoms with Crippen LogP contribution in [0.2, 0.25) is 0 Å². The number of nitrogens with zero attached hydrogens (tertiary/aromatic N) is 2. The first-order valence-corrected chi connectivity index (χ1v) is 10.9. The highest BCUT2D eigenvalue weighted by Crippen LogP contribution is 2.34. The van der Waals surface area contributed by atoms with E-state index in [4.69, 9.17) is 9.15 Å². The van der Waals surface area contributed by atoms with E-state index in [1.807, 2.05) is 19.1 Å². The summed E-state index contributed by atoms with van der Waals surface area (Å²) in [6.07, 6.45) is 3.76. The number of carbonyl (C=O) groups excluding carboxylic acids is 2. The Morgan fingerprint density at radius 3 is 2.68 bits per heavy atom. The van der Waals surface area contributed by atoms with Gasteiger partial charge in [-0.1, -0.05) is 18.2 Å². The fraction of sp³-hybridized carbons (Fsp3) is 0.240. The number of aliphatic hydroxyl groups is 1. The number of nitrogens with one attached hydrogen (secondary N) is 2. The van der Waals surface area contributed by atoms with Crippen molar-refractivity contribution in [2.75, 3.05) is 24.4 Å². The highest BCUT2D eigenvalue weighted by Gasteiger charge is 2.27. The van der Waals surface area contributed by atoms with E-state index in [9.17, 15) is 14.7 Å². The Kier molecular flexibility index (Phi) is 6.93. The molecular formula is C25H26N4O5. The smallest absolute Gasteiger partial charge is 0.356 e. The van der Waals surface area contributed by atoms with Gasteiger partial charge in [0.25, 0.3) is 5.91 Å². The second kappa shape index (κ2) is 10.2. The van der Waals surface area contributed by atoms with Gasteiger partial charge in [0.05, 0.1) is 37.5 Å². The molecule has 1 aromatic carbocycles. The molecule has 3 N–H and O–H groups in total. The summed E-state index contributed by atoms with van der Waals surface area (Å²) in [4.78, 5) is 30.6. The third kappa shape index (κ3) is 4.79. The standard InChI is InChI=1S/C25H26N4O5/c1-16(10-11-30)27-18-13-20-21(28-24(31)17-7-4-3-5-8-17)22(25(32)33-2)29(23(20)26-14-18)15-19-9-6-12-34-19/h3-9,12-14,16,27,30H,10-11,15H2,1-2H3,(H,28,31). The lowest BCUT2D eigenvalue weighted by molar-refractivity contribution is 0.0590. The summed E-state index contributed by atoms with van der Waals surface area (Å²) in [5.41, 5.74) is 2.08. The number of amides is 1. The van der Waals surface area contributed by atoms with Gasteiger partial charge in [-0.05, 0) is 43.7 Å². The minimum absolute atomic E-state index is 0.00288. The number of hydrogen-bond donors (Lipinski definition) is 3. The second-order valence-electron chi connectivity index (χ2n) is 7.85. The Morgan fingerprint density at radius 1 is 1.21 bits per heavy atom. The van der Waals surface area contributed by atoms with Gasteiger partial charge in [-0.3, -0.25) is 4.79 Å². The minimum atomic E-state index is -0.615. The number of aromatic nitrogens is 2. The molecule has 0 fully saturated rings. The Balaban J connectivity index is 1.86. The highest BCUT2D eigenvalue weighted by atomic mass is 16.5. The van der Waals surface area contributed by atoms with Gasteiger partial charge in [0.2, 0.25) is 0 Å². The lowest BCUT2D eigenvalue weighted by atomic mass is 10.2. The summed E-state index contributed by atoms with van der Waals surface area (Å²) in [5.74, 6) is -0.366. The van der Waals surface area contributed by atoms with Gasteiger partial charge in [-0.2, -0.15) is 0 Å². The Labute approximate surface area is 196 Å². The normalized spacial score (nSPS) is 11.9. The molecule has 34 heavy (non-hydrogen) atoms. The molecule has 1 atom stereocenters. The zero-order chi connectivity index (χ0) is 24.1. The van der Waals surface area contributed by atoms with Crippen molar-refractivity contribution in [2.45, 2.75) is 25.9 Å². The highest BCUT2D eigenvalue weighted by molar-refractivity contribution is 6.14. The Bertz CT molecular complexity index is 1280. The maximum absolute atomic E-state index is 13.0. The van der Waals surface area contributed by atoms with Gasteiger partial charge >= 0.3 is 5.97 Å². The SMILES string of the molecule is COC(=O)c1c(NC(=O)c2ccccc2)c2cc(NC(C)CCO)cnc2n1Cc1ccco1. The number of benzene rings is 1. The summed E-state index contributed by atoms with van der Waals surface area (Å²) in [7, 11) is 1.29. The number of esters is 1. The van der Waals surface area contributed by atoms with Gasteiger partial charge in [0, 0.05) is 23.6 Å². The van der Waals surface area contributed by atoms with E-state index in [0.717, 1.165) is 0 Å². The first-order valence-electron chi connectivity index (χ1n) is 10.9. The number of ether oxygens (including phenoxy) is 1. The van der Waals surface area contributed by atoms with Crippen LogP contribution in [0.1, 0.15) is 40.0 Å². The molecule has 0 bridgehead atoms. The molecule has 0 aliphatic carbocycles. The number of methoxy groups -OCH3 is 1. The van der Waals surface area contributed by atoms with Crippen molar-refractivity contribution in [3.8, 4) is 0 Å². The monoisotopic (exact) mass is 462 g/mol. The van der Waals surface area contributed by atoms with Crippen LogP contribution in [0.15, 0.2) is 65.4 Å². The largest absolute Gasteiger partial charge is 0.467 e. The number of hydrogen-bond acceptors (Lipinski definition) is 7. The average Bonchev–Trinajstić information content (AvgIpc) is 3.46. The minimum Gasteiger partial charge on any atom is -0.467 e. The Morgan fingerprint density at radius 2 is 2.00 bits per heavy atom. The van der Waals surface area contributed by atoms with Crippen molar-refractivity contribution in [2.24, 2.45) is 0 Å². The van der Waals surface area contributed by atoms with Gasteiger partial charge in [-0.25, -0.2) is 9.78 Å². The molecule has 4 rings (SSSR count). The predicted octanol–water partition coefficient (Wildman–Crippen LogP) is 3.90. The molecule has 3 aromatic heterocycles. The molecule has 0 spiro atoms. The van der Waals surface area contributed by atoms with Crippen molar-refractivity contribution >= 4 is 34.3 Å². The fourth-order valence-corrected chi connectivity index (χ4v) is 3.78. The van der Waals surface area contributed by atoms with Crippen LogP contribution >= 0.6 is 0 Å². The average molecular weight is 463 g/mol. The van der Waals surface area contributed by atoms with Crippen molar-refractivity contribution < 1.29 is 23.8 Å². The lowest BCUT2D eigenvalue weighted by Gasteiger charge is -2.14. The van der Waals surface area contributed by atoms with Crippen LogP contribution in [0.3, 0.4) is 0 Å². The first kappa shape index (κ1) is 23.1. The number of carbonyl (C=O) groups is 2. The van der Waals surface area contributed by atoms with Crippen LogP contribution < -0.4 is 10.6 Å². The molecule has 1 unspecified atom stereocenters. The molecule has 9 nitrogen and oxygen atoms in total. The molecule has 0 aliphatic heterocycles. The molecule has 9 heteroatoms. The third-order valence-corrected chi connectivity index (χ3v) is 5.42. The number of furan rings is 1. The quantitative estimate of drug-likeness (QED) is 0.323. The Hall–Kier alpha value is -4.11. The summed E-state index contributed by atoms with van der Waals surface area (Å²) in [6.45, 7) is 2.21. The molecule has 4 aromatic rings. The summed E-state index contributed by atoms with van der Waals surface area (Å²) < 4.78 is 12.2. The lowest BCUT2D eigenvalue weighted by Crippen LogP contribution is -2.17. The maximum atomic E-state index is 13.0. The topological polar surface area (TPSA) is 119 Å². The van der Waals surface area contributed by atoms with Crippen LogP contribution in [0.4, 0.5) is 11.4 Å². The number of rotatable bonds is 9. The van der Waals surface area contributed by atoms with E-state index in [2.05, 4.69) is 15.6 Å². The van der Waals surface area contributed by atoms with Gasteiger partial charge in [0.15, 0.2) is 5.69 Å². The van der Waals surface area contributed by atoms with Gasteiger partial charge in [-0.15, -0.1) is 0 Å². The molecule has 0 aliphatic rings. The van der Waals surface area contributed by atoms with Crippen LogP contribution in [-0.2, 0) is 11.3 Å². The van der Waals surface area contributed by atoms with E-state index >= 15 is 0 Å². The molecule has 0 radical (unpaired) electrons. The third-order valence-electron chi connectivity index (χ3n) is 5.42. The summed E-state index contributed by atoms with van der Waals surface area (Å²) in [6, 6.07) is 14.1. The zero-order valence-electron chi connectivity index (χ0n) is 18.9. The fourth-order valence-electron chi connectivity index (χ4n) is 3.78. The van der Waals surface area contributed by atoms with Crippen molar-refractivity contribution in [1.29, 1.82) is 0 Å². The first-order chi connectivity index (χ1) is 16.5. The molecule has 1 amide bonds. The molecular weight excluding hydrogens is 436 g/mol. The summed E-state index contributed by atoms with van der Waals surface area (Å²) in [5, 5.41) is 16.0. The van der Waals surface area contributed by atoms with E-state index < -0.39 is 5.97 Å². The molecule has 3 heterocycles. The van der Waals surface area contributed by atoms with E-state index in [1.54, 1.807) is 53.4 Å². The van der Waals surface area contributed by atoms with Crippen molar-refractivity contribution in [3.05, 3.63) is 78.0 Å². The molecule has 176 valence electrons. The number of fused-ring (bicyclic) bond motifs is 1. The van der Waals surface area contributed by atoms with Crippen molar-refractivity contribution in [3.63, 3.8) is 0 Å². The van der Waals surface area contributed by atoms with Crippen LogP contribution in [0.25, 0.3) is 11.0 Å². The predicted molar refractivity (Wildman–Crippen MR) is 128 cm³/mol.